The van der Waals surface area contributed by atoms with E-state index in [9.17, 15) is 52.9 Å². The SMILES string of the molecule is C[C@@H](CC(=O)c1ccc(/C(F)=C/C(c2cc(Cl)cc(Br)c2)C(F)(F)F)cc1C(F)(F)F)CS(=O)CC(F)(F)F. The Morgan fingerprint density at radius 2 is 1.64 bits per heavy atom. The van der Waals surface area contributed by atoms with E-state index in [-0.39, 0.29) is 21.6 Å². The minimum Gasteiger partial charge on any atom is -0.294 e. The van der Waals surface area contributed by atoms with Crippen molar-refractivity contribution in [2.45, 2.75) is 37.8 Å². The fraction of sp³-hybridized carbons (Fsp3) is 0.375. The number of ketones is 1. The summed E-state index contributed by atoms with van der Waals surface area (Å²) in [5.41, 5.74) is -3.99. The molecule has 216 valence electrons. The summed E-state index contributed by atoms with van der Waals surface area (Å²) in [4.78, 5) is 12.5. The van der Waals surface area contributed by atoms with Gasteiger partial charge >= 0.3 is 18.5 Å². The number of benzene rings is 2. The van der Waals surface area contributed by atoms with Crippen molar-refractivity contribution in [2.24, 2.45) is 5.92 Å². The third-order valence-corrected chi connectivity index (χ3v) is 7.41. The second kappa shape index (κ2) is 12.7. The van der Waals surface area contributed by atoms with Crippen molar-refractivity contribution < 1.29 is 52.9 Å². The van der Waals surface area contributed by atoms with Gasteiger partial charge in [0.15, 0.2) is 5.78 Å². The van der Waals surface area contributed by atoms with Gasteiger partial charge in [-0.1, -0.05) is 46.6 Å². The molecule has 2 aromatic rings. The zero-order valence-corrected chi connectivity index (χ0v) is 22.7. The van der Waals surface area contributed by atoms with Crippen LogP contribution in [0.25, 0.3) is 5.83 Å². The van der Waals surface area contributed by atoms with Gasteiger partial charge in [-0.05, 0) is 41.8 Å². The highest BCUT2D eigenvalue weighted by molar-refractivity contribution is 9.10. The predicted molar refractivity (Wildman–Crippen MR) is 131 cm³/mol. The van der Waals surface area contributed by atoms with E-state index in [1.165, 1.54) is 13.0 Å². The Bertz CT molecular complexity index is 1230. The third kappa shape index (κ3) is 10.2. The highest BCUT2D eigenvalue weighted by Crippen LogP contribution is 2.41. The third-order valence-electron chi connectivity index (χ3n) is 5.14. The van der Waals surface area contributed by atoms with E-state index in [2.05, 4.69) is 15.9 Å². The van der Waals surface area contributed by atoms with Gasteiger partial charge in [-0.25, -0.2) is 4.39 Å². The van der Waals surface area contributed by atoms with Gasteiger partial charge in [-0.2, -0.15) is 39.5 Å². The number of hydrogen-bond donors (Lipinski definition) is 0. The van der Waals surface area contributed by atoms with Crippen LogP contribution in [0.15, 0.2) is 46.9 Å². The summed E-state index contributed by atoms with van der Waals surface area (Å²) in [6, 6.07) is 4.64. The van der Waals surface area contributed by atoms with Gasteiger partial charge in [-0.3, -0.25) is 9.00 Å². The van der Waals surface area contributed by atoms with Crippen LogP contribution >= 0.6 is 27.5 Å². The summed E-state index contributed by atoms with van der Waals surface area (Å²) < 4.78 is 146. The molecule has 0 bridgehead atoms. The van der Waals surface area contributed by atoms with E-state index in [1.807, 2.05) is 0 Å². The minimum atomic E-state index is -5.23. The average molecular weight is 676 g/mol. The van der Waals surface area contributed by atoms with E-state index < -0.39 is 93.0 Å². The van der Waals surface area contributed by atoms with E-state index >= 15 is 0 Å². The second-order valence-electron chi connectivity index (χ2n) is 8.59. The average Bonchev–Trinajstić information content (AvgIpc) is 2.73. The molecule has 2 aromatic carbocycles. The van der Waals surface area contributed by atoms with Gasteiger partial charge in [0.2, 0.25) is 0 Å². The molecule has 0 amide bonds. The number of alkyl halides is 9. The van der Waals surface area contributed by atoms with Crippen LogP contribution in [0.4, 0.5) is 43.9 Å². The maximum Gasteiger partial charge on any atom is 0.417 e. The van der Waals surface area contributed by atoms with Crippen LogP contribution in [-0.4, -0.2) is 33.9 Å². The van der Waals surface area contributed by atoms with Crippen molar-refractivity contribution in [1.29, 1.82) is 0 Å². The fourth-order valence-corrected chi connectivity index (χ4v) is 5.71. The first-order chi connectivity index (χ1) is 17.7. The normalized spacial score (nSPS) is 15.7. The number of carbonyl (C=O) groups excluding carboxylic acids is 1. The first-order valence-corrected chi connectivity index (χ1v) is 13.4. The quantitative estimate of drug-likeness (QED) is 0.196. The smallest absolute Gasteiger partial charge is 0.294 e. The molecule has 0 fully saturated rings. The Kier molecular flexibility index (Phi) is 10.8. The van der Waals surface area contributed by atoms with Gasteiger partial charge in [-0.15, -0.1) is 0 Å². The van der Waals surface area contributed by atoms with Crippen LogP contribution in [0, 0.1) is 5.92 Å². The Morgan fingerprint density at radius 3 is 2.15 bits per heavy atom. The van der Waals surface area contributed by atoms with Crippen LogP contribution < -0.4 is 0 Å². The largest absolute Gasteiger partial charge is 0.417 e. The molecule has 2 rings (SSSR count). The summed E-state index contributed by atoms with van der Waals surface area (Å²) in [6.07, 6.45) is -15.6. The van der Waals surface area contributed by atoms with Crippen molar-refractivity contribution in [2.75, 3.05) is 11.5 Å². The predicted octanol–water partition coefficient (Wildman–Crippen LogP) is 9.30. The summed E-state index contributed by atoms with van der Waals surface area (Å²) in [5.74, 6) is -8.67. The first-order valence-electron chi connectivity index (χ1n) is 10.7. The lowest BCUT2D eigenvalue weighted by atomic mass is 9.93. The molecule has 0 spiro atoms. The Morgan fingerprint density at radius 1 is 1.03 bits per heavy atom. The maximum absolute atomic E-state index is 14.9. The molecular weight excluding hydrogens is 658 g/mol. The van der Waals surface area contributed by atoms with Crippen molar-refractivity contribution in [3.8, 4) is 0 Å². The van der Waals surface area contributed by atoms with Gasteiger partial charge in [0.1, 0.15) is 17.5 Å². The highest BCUT2D eigenvalue weighted by atomic mass is 79.9. The molecule has 0 saturated heterocycles. The molecule has 0 aliphatic heterocycles. The summed E-state index contributed by atoms with van der Waals surface area (Å²) in [6.45, 7) is 1.22. The molecule has 0 aliphatic rings. The molecule has 0 N–H and O–H groups in total. The maximum atomic E-state index is 14.9. The number of Topliss-reactive ketones (excluding diaryl/α,β-unsaturated/α-hetero) is 1. The van der Waals surface area contributed by atoms with Gasteiger partial charge in [0.05, 0.1) is 5.56 Å². The van der Waals surface area contributed by atoms with Crippen molar-refractivity contribution >= 4 is 49.9 Å². The molecule has 0 heterocycles. The lowest BCUT2D eigenvalue weighted by Gasteiger charge is -2.19. The number of carbonyl (C=O) groups is 1. The van der Waals surface area contributed by atoms with E-state index in [0.717, 1.165) is 12.1 Å². The molecule has 15 heteroatoms. The molecule has 2 nitrogen and oxygen atoms in total. The molecule has 0 aliphatic carbocycles. The molecule has 39 heavy (non-hydrogen) atoms. The summed E-state index contributed by atoms with van der Waals surface area (Å²) >= 11 is 8.74. The van der Waals surface area contributed by atoms with E-state index in [0.29, 0.717) is 12.1 Å². The Balaban J connectivity index is 2.41. The van der Waals surface area contributed by atoms with E-state index in [4.69, 9.17) is 11.6 Å². The topological polar surface area (TPSA) is 34.1 Å². The Hall–Kier alpha value is -1.93. The second-order valence-corrected chi connectivity index (χ2v) is 11.4. The molecule has 0 saturated carbocycles. The minimum absolute atomic E-state index is 0.0765. The number of halogens is 12. The van der Waals surface area contributed by atoms with Gasteiger partial charge in [0.25, 0.3) is 0 Å². The van der Waals surface area contributed by atoms with Gasteiger partial charge in [0, 0.05) is 43.6 Å². The van der Waals surface area contributed by atoms with Crippen LogP contribution in [0.2, 0.25) is 5.02 Å². The number of allylic oxidation sites excluding steroid dienone is 1. The highest BCUT2D eigenvalue weighted by Gasteiger charge is 2.41. The van der Waals surface area contributed by atoms with Gasteiger partial charge < -0.3 is 0 Å². The van der Waals surface area contributed by atoms with Crippen LogP contribution in [0.3, 0.4) is 0 Å². The number of hydrogen-bond acceptors (Lipinski definition) is 2. The standard InChI is InChI=1S/C24H18BrClF10O2S/c1-12(10-39(38)11-22(28,29)30)4-21(37)17-3-2-13(7-19(17)24(34,35)36)20(27)9-18(23(31,32)33)14-5-15(25)8-16(26)6-14/h2-3,5-9,12,18H,4,10-11H2,1H3/b20-9-/t12-,18?,39?/m0/s1. The number of rotatable bonds is 9. The molecule has 0 aromatic heterocycles. The van der Waals surface area contributed by atoms with Crippen LogP contribution in [-0.2, 0) is 17.0 Å². The van der Waals surface area contributed by atoms with Crippen LogP contribution in [0.5, 0.6) is 0 Å². The summed E-state index contributed by atoms with van der Waals surface area (Å²) in [5, 5.41) is -0.110. The lowest BCUT2D eigenvalue weighted by Crippen LogP contribution is -2.24. The molecule has 3 atom stereocenters. The fourth-order valence-electron chi connectivity index (χ4n) is 3.59. The molecular formula is C24H18BrClF10O2S. The molecule has 2 unspecified atom stereocenters. The van der Waals surface area contributed by atoms with Crippen molar-refractivity contribution in [3.05, 3.63) is 74.2 Å². The summed E-state index contributed by atoms with van der Waals surface area (Å²) in [7, 11) is -2.42. The zero-order valence-electron chi connectivity index (χ0n) is 19.6. The van der Waals surface area contributed by atoms with Crippen molar-refractivity contribution in [1.82, 2.24) is 0 Å². The van der Waals surface area contributed by atoms with Crippen molar-refractivity contribution in [3.63, 3.8) is 0 Å². The first kappa shape index (κ1) is 33.3. The van der Waals surface area contributed by atoms with E-state index in [1.54, 1.807) is 0 Å². The lowest BCUT2D eigenvalue weighted by molar-refractivity contribution is -0.140. The monoisotopic (exact) mass is 674 g/mol. The molecule has 0 radical (unpaired) electrons. The zero-order chi connectivity index (χ0) is 29.9. The Labute approximate surface area is 232 Å². The van der Waals surface area contributed by atoms with Crippen LogP contribution in [0.1, 0.15) is 46.3 Å².